The average Bonchev–Trinajstić information content (AvgIpc) is 2.99. The lowest BCUT2D eigenvalue weighted by Crippen LogP contribution is -2.29. The first kappa shape index (κ1) is 17.2. The number of hydrogen-bond donors (Lipinski definition) is 2. The van der Waals surface area contributed by atoms with Crippen molar-refractivity contribution in [3.05, 3.63) is 59.9 Å². The van der Waals surface area contributed by atoms with Gasteiger partial charge in [0.1, 0.15) is 5.82 Å². The van der Waals surface area contributed by atoms with Gasteiger partial charge in [-0.1, -0.05) is 18.2 Å². The van der Waals surface area contributed by atoms with Crippen molar-refractivity contribution in [2.24, 2.45) is 0 Å². The number of H-pyrrole nitrogens is 1. The Balaban J connectivity index is 1.93. The third-order valence-electron chi connectivity index (χ3n) is 4.40. The second-order valence-corrected chi connectivity index (χ2v) is 6.07. The first-order valence-electron chi connectivity index (χ1n) is 8.30. The van der Waals surface area contributed by atoms with Gasteiger partial charge in [0.05, 0.1) is 6.61 Å². The lowest BCUT2D eigenvalue weighted by atomic mass is 10.0. The molecular weight excluding hydrogens is 319 g/mol. The van der Waals surface area contributed by atoms with E-state index in [2.05, 4.69) is 4.98 Å². The maximum absolute atomic E-state index is 13.2. The van der Waals surface area contributed by atoms with Crippen molar-refractivity contribution in [3.63, 3.8) is 0 Å². The molecule has 0 saturated carbocycles. The highest BCUT2D eigenvalue weighted by Gasteiger charge is 2.16. The summed E-state index contributed by atoms with van der Waals surface area (Å²) in [6.07, 6.45) is 0.928. The molecule has 0 unspecified atom stereocenters. The molecule has 1 aromatic heterocycles. The van der Waals surface area contributed by atoms with Crippen molar-refractivity contribution in [2.45, 2.75) is 12.8 Å². The summed E-state index contributed by atoms with van der Waals surface area (Å²) in [7, 11) is 1.69. The number of likely N-dealkylation sites (N-methyl/N-ethyl adjacent to an activating group) is 1. The number of halogens is 1. The van der Waals surface area contributed by atoms with E-state index < -0.39 is 0 Å². The van der Waals surface area contributed by atoms with E-state index in [1.165, 1.54) is 17.0 Å². The van der Waals surface area contributed by atoms with E-state index in [4.69, 9.17) is 5.11 Å². The highest BCUT2D eigenvalue weighted by atomic mass is 19.1. The Bertz CT molecular complexity index is 871. The molecule has 0 bridgehead atoms. The van der Waals surface area contributed by atoms with Crippen LogP contribution >= 0.6 is 0 Å². The lowest BCUT2D eigenvalue weighted by molar-refractivity contribution is -0.130. The van der Waals surface area contributed by atoms with E-state index in [1.54, 1.807) is 19.2 Å². The summed E-state index contributed by atoms with van der Waals surface area (Å²) in [5, 5.41) is 10.0. The third kappa shape index (κ3) is 3.72. The second-order valence-electron chi connectivity index (χ2n) is 6.07. The number of para-hydroxylation sites is 1. The van der Waals surface area contributed by atoms with Crippen LogP contribution < -0.4 is 0 Å². The highest BCUT2D eigenvalue weighted by molar-refractivity contribution is 5.91. The number of nitrogens with one attached hydrogen (secondary N) is 1. The summed E-state index contributed by atoms with van der Waals surface area (Å²) >= 11 is 0. The van der Waals surface area contributed by atoms with Gasteiger partial charge in [0.15, 0.2) is 0 Å². The quantitative estimate of drug-likeness (QED) is 0.723. The van der Waals surface area contributed by atoms with Crippen LogP contribution in [0.25, 0.3) is 22.2 Å². The molecule has 5 heteroatoms. The van der Waals surface area contributed by atoms with E-state index in [0.29, 0.717) is 19.4 Å². The number of hydrogen-bond acceptors (Lipinski definition) is 2. The van der Waals surface area contributed by atoms with Gasteiger partial charge in [-0.15, -0.1) is 0 Å². The predicted molar refractivity (Wildman–Crippen MR) is 96.7 cm³/mol. The minimum atomic E-state index is -0.276. The molecule has 3 aromatic rings. The van der Waals surface area contributed by atoms with Gasteiger partial charge < -0.3 is 15.0 Å². The Kier molecular flexibility index (Phi) is 5.14. The van der Waals surface area contributed by atoms with Crippen molar-refractivity contribution >= 4 is 16.8 Å². The van der Waals surface area contributed by atoms with Crippen LogP contribution in [0.4, 0.5) is 4.39 Å². The molecular formula is C20H21FN2O2. The number of carbonyl (C=O) groups excluding carboxylic acids is 1. The van der Waals surface area contributed by atoms with Crippen molar-refractivity contribution in [1.82, 2.24) is 9.88 Å². The van der Waals surface area contributed by atoms with E-state index in [1.807, 2.05) is 24.3 Å². The molecule has 130 valence electrons. The molecule has 0 fully saturated rings. The molecule has 2 N–H and O–H groups in total. The van der Waals surface area contributed by atoms with Gasteiger partial charge in [0.2, 0.25) is 5.91 Å². The zero-order valence-electron chi connectivity index (χ0n) is 14.1. The number of nitrogens with zero attached hydrogens (tertiary/aromatic N) is 1. The fraction of sp³-hybridized carbons (Fsp3) is 0.250. The van der Waals surface area contributed by atoms with Crippen molar-refractivity contribution in [1.29, 1.82) is 0 Å². The first-order chi connectivity index (χ1) is 12.1. The smallest absolute Gasteiger partial charge is 0.222 e. The lowest BCUT2D eigenvalue weighted by Gasteiger charge is -2.15. The number of carbonyl (C=O) groups is 1. The first-order valence-corrected chi connectivity index (χ1v) is 8.30. The zero-order valence-corrected chi connectivity index (χ0v) is 14.1. The molecule has 0 aliphatic heterocycles. The minimum Gasteiger partial charge on any atom is -0.395 e. The number of fused-ring (bicyclic) bond motifs is 1. The van der Waals surface area contributed by atoms with Crippen LogP contribution in [0, 0.1) is 5.82 Å². The minimum absolute atomic E-state index is 0.00983. The van der Waals surface area contributed by atoms with E-state index >= 15 is 0 Å². The van der Waals surface area contributed by atoms with Gasteiger partial charge in [-0.3, -0.25) is 4.79 Å². The van der Waals surface area contributed by atoms with E-state index in [0.717, 1.165) is 27.7 Å². The van der Waals surface area contributed by atoms with Gasteiger partial charge in [0.25, 0.3) is 0 Å². The van der Waals surface area contributed by atoms with Crippen LogP contribution in [0.3, 0.4) is 0 Å². The van der Waals surface area contributed by atoms with Crippen LogP contribution in [0.2, 0.25) is 0 Å². The molecule has 0 spiro atoms. The molecule has 3 rings (SSSR count). The number of rotatable bonds is 6. The topological polar surface area (TPSA) is 56.3 Å². The molecule has 1 amide bonds. The Morgan fingerprint density at radius 3 is 2.60 bits per heavy atom. The number of aryl methyl sites for hydroxylation is 1. The summed E-state index contributed by atoms with van der Waals surface area (Å²) in [5.41, 5.74) is 3.85. The Morgan fingerprint density at radius 1 is 1.16 bits per heavy atom. The second kappa shape index (κ2) is 7.49. The number of aromatic amines is 1. The number of aromatic nitrogens is 1. The van der Waals surface area contributed by atoms with Crippen LogP contribution in [0.15, 0.2) is 48.5 Å². The zero-order chi connectivity index (χ0) is 17.8. The van der Waals surface area contributed by atoms with Crippen molar-refractivity contribution in [2.75, 3.05) is 20.2 Å². The molecule has 4 nitrogen and oxygen atoms in total. The monoisotopic (exact) mass is 340 g/mol. The number of aliphatic hydroxyl groups excluding tert-OH is 1. The number of benzene rings is 2. The molecule has 0 aliphatic carbocycles. The van der Waals surface area contributed by atoms with Crippen LogP contribution in [-0.4, -0.2) is 41.1 Å². The Hall–Kier alpha value is -2.66. The summed E-state index contributed by atoms with van der Waals surface area (Å²) in [4.78, 5) is 17.1. The predicted octanol–water partition coefficient (Wildman–Crippen LogP) is 3.36. The van der Waals surface area contributed by atoms with Gasteiger partial charge in [-0.25, -0.2) is 4.39 Å². The Labute approximate surface area is 145 Å². The SMILES string of the molecule is CN(CCO)C(=O)CCc1c(-c2ccc(F)cc2)[nH]c2ccccc12. The Morgan fingerprint density at radius 2 is 1.88 bits per heavy atom. The summed E-state index contributed by atoms with van der Waals surface area (Å²) in [5.74, 6) is -0.286. The third-order valence-corrected chi connectivity index (χ3v) is 4.40. The molecule has 0 radical (unpaired) electrons. The van der Waals surface area contributed by atoms with Gasteiger partial charge in [-0.05, 0) is 47.9 Å². The largest absolute Gasteiger partial charge is 0.395 e. The van der Waals surface area contributed by atoms with Gasteiger partial charge in [-0.2, -0.15) is 0 Å². The van der Waals surface area contributed by atoms with Crippen molar-refractivity contribution < 1.29 is 14.3 Å². The standard InChI is InChI=1S/C20H21FN2O2/c1-23(12-13-24)19(25)11-10-17-16-4-2-3-5-18(16)22-20(17)14-6-8-15(21)9-7-14/h2-9,22,24H,10-13H2,1H3. The molecule has 0 atom stereocenters. The maximum atomic E-state index is 13.2. The van der Waals surface area contributed by atoms with E-state index in [-0.39, 0.29) is 18.3 Å². The van der Waals surface area contributed by atoms with Crippen LogP contribution in [0.5, 0.6) is 0 Å². The summed E-state index contributed by atoms with van der Waals surface area (Å²) in [6, 6.07) is 14.3. The van der Waals surface area contributed by atoms with Crippen LogP contribution in [0.1, 0.15) is 12.0 Å². The number of aliphatic hydroxyl groups is 1. The molecule has 0 saturated heterocycles. The van der Waals surface area contributed by atoms with Gasteiger partial charge >= 0.3 is 0 Å². The maximum Gasteiger partial charge on any atom is 0.222 e. The summed E-state index contributed by atoms with van der Waals surface area (Å²) < 4.78 is 13.2. The molecule has 2 aromatic carbocycles. The van der Waals surface area contributed by atoms with Gasteiger partial charge in [0, 0.05) is 36.6 Å². The molecule has 1 heterocycles. The average molecular weight is 340 g/mol. The van der Waals surface area contributed by atoms with E-state index in [9.17, 15) is 9.18 Å². The fourth-order valence-corrected chi connectivity index (χ4v) is 3.02. The van der Waals surface area contributed by atoms with Crippen LogP contribution in [-0.2, 0) is 11.2 Å². The summed E-state index contributed by atoms with van der Waals surface area (Å²) in [6.45, 7) is 0.285. The fourth-order valence-electron chi connectivity index (χ4n) is 3.02. The highest BCUT2D eigenvalue weighted by Crippen LogP contribution is 2.31. The van der Waals surface area contributed by atoms with Crippen molar-refractivity contribution in [3.8, 4) is 11.3 Å². The molecule has 0 aliphatic rings. The number of amides is 1. The molecule has 25 heavy (non-hydrogen) atoms. The normalized spacial score (nSPS) is 11.0.